The van der Waals surface area contributed by atoms with Gasteiger partial charge in [-0.15, -0.1) is 0 Å². The van der Waals surface area contributed by atoms with Crippen molar-refractivity contribution in [2.24, 2.45) is 4.99 Å². The highest BCUT2D eigenvalue weighted by Gasteiger charge is 2.04. The molecular weight excluding hydrogens is 206 g/mol. The predicted molar refractivity (Wildman–Crippen MR) is 61.5 cm³/mol. The molecule has 0 bridgehead atoms. The first-order valence-corrected chi connectivity index (χ1v) is 5.07. The van der Waals surface area contributed by atoms with E-state index >= 15 is 0 Å². The molecule has 0 saturated heterocycles. The highest BCUT2D eigenvalue weighted by molar-refractivity contribution is 5.95. The number of carbonyl (C=O) groups excluding carboxylic acids is 1. The topological polar surface area (TPSA) is 47.9 Å². The first kappa shape index (κ1) is 12.2. The Labute approximate surface area is 94.9 Å². The van der Waals surface area contributed by atoms with Gasteiger partial charge in [-0.2, -0.15) is 0 Å². The average molecular weight is 221 g/mol. The molecule has 86 valence electrons. The first-order valence-electron chi connectivity index (χ1n) is 5.07. The molecule has 0 fully saturated rings. The van der Waals surface area contributed by atoms with Gasteiger partial charge in [0.2, 0.25) is 5.90 Å². The van der Waals surface area contributed by atoms with Crippen LogP contribution in [0.5, 0.6) is 0 Å². The molecule has 0 heterocycles. The second kappa shape index (κ2) is 6.61. The Morgan fingerprint density at radius 2 is 2.00 bits per heavy atom. The van der Waals surface area contributed by atoms with Gasteiger partial charge in [0.15, 0.2) is 0 Å². The predicted octanol–water partition coefficient (Wildman–Crippen LogP) is 1.64. The Hall–Kier alpha value is -1.84. The summed E-state index contributed by atoms with van der Waals surface area (Å²) in [5.74, 6) is 0.0848. The molecule has 0 aliphatic carbocycles. The molecule has 1 rings (SSSR count). The summed E-state index contributed by atoms with van der Waals surface area (Å²) in [6, 6.07) is 9.41. The van der Waals surface area contributed by atoms with Crippen LogP contribution in [0.3, 0.4) is 0 Å². The van der Waals surface area contributed by atoms with Gasteiger partial charge >= 0.3 is 5.97 Å². The summed E-state index contributed by atoms with van der Waals surface area (Å²) in [5, 5.41) is 0. The maximum Gasteiger partial charge on any atom is 0.327 e. The maximum absolute atomic E-state index is 11.1. The lowest BCUT2D eigenvalue weighted by Crippen LogP contribution is -2.11. The fourth-order valence-corrected chi connectivity index (χ4v) is 1.20. The highest BCUT2D eigenvalue weighted by Crippen LogP contribution is 2.02. The molecule has 0 N–H and O–H groups in total. The number of carbonyl (C=O) groups is 1. The van der Waals surface area contributed by atoms with E-state index in [-0.39, 0.29) is 12.5 Å². The first-order chi connectivity index (χ1) is 7.77. The zero-order valence-corrected chi connectivity index (χ0v) is 9.47. The average Bonchev–Trinajstić information content (AvgIpc) is 2.31. The van der Waals surface area contributed by atoms with Gasteiger partial charge in [0.1, 0.15) is 6.54 Å². The number of ether oxygens (including phenoxy) is 2. The van der Waals surface area contributed by atoms with Crippen molar-refractivity contribution >= 4 is 11.9 Å². The molecule has 0 radical (unpaired) electrons. The number of aliphatic imine (C=N–C) groups is 1. The van der Waals surface area contributed by atoms with Gasteiger partial charge in [0.05, 0.1) is 13.7 Å². The summed E-state index contributed by atoms with van der Waals surface area (Å²) in [5.41, 5.74) is 0.842. The SMILES string of the molecule is CCOC(=O)CN=C(OC)c1ccccc1. The molecule has 0 unspecified atom stereocenters. The van der Waals surface area contributed by atoms with Crippen molar-refractivity contribution in [3.05, 3.63) is 35.9 Å². The van der Waals surface area contributed by atoms with E-state index in [0.717, 1.165) is 5.56 Å². The minimum Gasteiger partial charge on any atom is -0.481 e. The molecule has 0 atom stereocenters. The van der Waals surface area contributed by atoms with Crippen molar-refractivity contribution in [2.75, 3.05) is 20.3 Å². The summed E-state index contributed by atoms with van der Waals surface area (Å²) in [4.78, 5) is 15.2. The minimum absolute atomic E-state index is 0.0219. The van der Waals surface area contributed by atoms with Crippen LogP contribution in [0.15, 0.2) is 35.3 Å². The summed E-state index contributed by atoms with van der Waals surface area (Å²) in [6.45, 7) is 2.10. The van der Waals surface area contributed by atoms with E-state index in [1.165, 1.54) is 7.11 Å². The van der Waals surface area contributed by atoms with Gasteiger partial charge in [-0.1, -0.05) is 18.2 Å². The van der Waals surface area contributed by atoms with Crippen LogP contribution in [0.4, 0.5) is 0 Å². The molecular formula is C12H15NO3. The fraction of sp³-hybridized carbons (Fsp3) is 0.333. The van der Waals surface area contributed by atoms with Crippen LogP contribution in [0.25, 0.3) is 0 Å². The van der Waals surface area contributed by atoms with Crippen LogP contribution in [0.2, 0.25) is 0 Å². The Kier molecular flexibility index (Phi) is 5.05. The third-order valence-corrected chi connectivity index (χ3v) is 1.87. The normalized spacial score (nSPS) is 11.0. The van der Waals surface area contributed by atoms with E-state index in [9.17, 15) is 4.79 Å². The van der Waals surface area contributed by atoms with Crippen LogP contribution in [0, 0.1) is 0 Å². The smallest absolute Gasteiger partial charge is 0.327 e. The largest absolute Gasteiger partial charge is 0.481 e. The summed E-state index contributed by atoms with van der Waals surface area (Å²) < 4.78 is 9.88. The van der Waals surface area contributed by atoms with E-state index in [4.69, 9.17) is 9.47 Å². The number of benzene rings is 1. The van der Waals surface area contributed by atoms with Crippen molar-refractivity contribution in [3.8, 4) is 0 Å². The molecule has 0 saturated carbocycles. The molecule has 0 aliphatic heterocycles. The number of hydrogen-bond donors (Lipinski definition) is 0. The Morgan fingerprint density at radius 1 is 1.31 bits per heavy atom. The van der Waals surface area contributed by atoms with Crippen LogP contribution in [-0.2, 0) is 14.3 Å². The third-order valence-electron chi connectivity index (χ3n) is 1.87. The molecule has 1 aromatic carbocycles. The number of methoxy groups -OCH3 is 1. The van der Waals surface area contributed by atoms with Gasteiger partial charge in [-0.25, -0.2) is 4.99 Å². The van der Waals surface area contributed by atoms with E-state index in [1.807, 2.05) is 30.3 Å². The summed E-state index contributed by atoms with van der Waals surface area (Å²) >= 11 is 0. The van der Waals surface area contributed by atoms with Crippen molar-refractivity contribution in [1.82, 2.24) is 0 Å². The summed E-state index contributed by atoms with van der Waals surface area (Å²) in [6.07, 6.45) is 0. The van der Waals surface area contributed by atoms with Crippen LogP contribution < -0.4 is 0 Å². The fourth-order valence-electron chi connectivity index (χ4n) is 1.20. The van der Waals surface area contributed by atoms with E-state index in [0.29, 0.717) is 12.5 Å². The molecule has 0 aromatic heterocycles. The molecule has 0 spiro atoms. The van der Waals surface area contributed by atoms with Gasteiger partial charge in [-0.3, -0.25) is 4.79 Å². The second-order valence-electron chi connectivity index (χ2n) is 3.00. The minimum atomic E-state index is -0.354. The lowest BCUT2D eigenvalue weighted by molar-refractivity contribution is -0.141. The standard InChI is InChI=1S/C12H15NO3/c1-3-16-11(14)9-13-12(15-2)10-7-5-4-6-8-10/h4-8H,3,9H2,1-2H3. The number of nitrogens with zero attached hydrogens (tertiary/aromatic N) is 1. The number of rotatable bonds is 4. The Morgan fingerprint density at radius 3 is 2.56 bits per heavy atom. The highest BCUT2D eigenvalue weighted by atomic mass is 16.5. The van der Waals surface area contributed by atoms with Crippen molar-refractivity contribution in [3.63, 3.8) is 0 Å². The van der Waals surface area contributed by atoms with Gasteiger partial charge in [0.25, 0.3) is 0 Å². The van der Waals surface area contributed by atoms with Gasteiger partial charge < -0.3 is 9.47 Å². The molecule has 4 heteroatoms. The monoisotopic (exact) mass is 221 g/mol. The molecule has 1 aromatic rings. The number of hydrogen-bond acceptors (Lipinski definition) is 4. The van der Waals surface area contributed by atoms with Crippen LogP contribution in [-0.4, -0.2) is 32.1 Å². The van der Waals surface area contributed by atoms with E-state index < -0.39 is 0 Å². The lowest BCUT2D eigenvalue weighted by atomic mass is 10.2. The molecule has 16 heavy (non-hydrogen) atoms. The molecule has 0 amide bonds. The molecule has 0 aliphatic rings. The maximum atomic E-state index is 11.1. The van der Waals surface area contributed by atoms with E-state index in [1.54, 1.807) is 6.92 Å². The third kappa shape index (κ3) is 3.73. The Bertz CT molecular complexity index is 360. The Balaban J connectivity index is 2.68. The second-order valence-corrected chi connectivity index (χ2v) is 3.00. The van der Waals surface area contributed by atoms with E-state index in [2.05, 4.69) is 4.99 Å². The van der Waals surface area contributed by atoms with Crippen LogP contribution >= 0.6 is 0 Å². The lowest BCUT2D eigenvalue weighted by Gasteiger charge is -2.04. The van der Waals surface area contributed by atoms with Gasteiger partial charge in [-0.05, 0) is 19.1 Å². The zero-order valence-electron chi connectivity index (χ0n) is 9.47. The van der Waals surface area contributed by atoms with Crippen molar-refractivity contribution in [1.29, 1.82) is 0 Å². The quantitative estimate of drug-likeness (QED) is 0.441. The van der Waals surface area contributed by atoms with Crippen LogP contribution in [0.1, 0.15) is 12.5 Å². The van der Waals surface area contributed by atoms with Crippen molar-refractivity contribution in [2.45, 2.75) is 6.92 Å². The van der Waals surface area contributed by atoms with Gasteiger partial charge in [0, 0.05) is 5.56 Å². The number of esters is 1. The van der Waals surface area contributed by atoms with Crippen molar-refractivity contribution < 1.29 is 14.3 Å². The zero-order chi connectivity index (χ0) is 11.8. The molecule has 4 nitrogen and oxygen atoms in total. The summed E-state index contributed by atoms with van der Waals surface area (Å²) in [7, 11) is 1.52.